The largest absolute Gasteiger partial charge is 0.373 e. The molecule has 0 aliphatic heterocycles. The summed E-state index contributed by atoms with van der Waals surface area (Å²) in [5.41, 5.74) is 2.56. The minimum Gasteiger partial charge on any atom is -0.373 e. The van der Waals surface area contributed by atoms with Gasteiger partial charge in [0, 0.05) is 19.2 Å². The summed E-state index contributed by atoms with van der Waals surface area (Å²) in [5.74, 6) is 0. The molecular weight excluding hydrogens is 284 g/mol. The lowest BCUT2D eigenvalue weighted by Crippen LogP contribution is -2.30. The number of rotatable bonds is 7. The zero-order valence-corrected chi connectivity index (χ0v) is 15.4. The quantitative estimate of drug-likeness (QED) is 0.684. The van der Waals surface area contributed by atoms with Gasteiger partial charge >= 0.3 is 0 Å². The fourth-order valence-electron chi connectivity index (χ4n) is 2.62. The van der Waals surface area contributed by atoms with Crippen molar-refractivity contribution in [3.05, 3.63) is 14.6 Å². The van der Waals surface area contributed by atoms with Crippen LogP contribution in [0.1, 0.15) is 46.6 Å². The summed E-state index contributed by atoms with van der Waals surface area (Å²) >= 11 is 10.9. The van der Waals surface area contributed by atoms with Gasteiger partial charge in [0.2, 0.25) is 0 Å². The Kier molecular flexibility index (Phi) is 6.29. The number of nitrogens with zero attached hydrogens (tertiary/aromatic N) is 2. The van der Waals surface area contributed by atoms with E-state index in [4.69, 9.17) is 24.4 Å². The topological polar surface area (TPSA) is 6.48 Å². The van der Waals surface area contributed by atoms with Crippen molar-refractivity contribution in [1.82, 2.24) is 4.90 Å². The Morgan fingerprint density at radius 2 is 1.50 bits per heavy atom. The maximum atomic E-state index is 5.45. The van der Waals surface area contributed by atoms with Crippen LogP contribution in [-0.4, -0.2) is 38.1 Å². The van der Waals surface area contributed by atoms with Crippen LogP contribution in [0.25, 0.3) is 0 Å². The van der Waals surface area contributed by atoms with Crippen molar-refractivity contribution in [2.45, 2.75) is 46.5 Å². The summed E-state index contributed by atoms with van der Waals surface area (Å²) in [5, 5.41) is 0. The first kappa shape index (κ1) is 17.7. The SMILES string of the molecule is CCN(CC)CCCN(C)c1c(C(C)(C)C)c(=S)c1=S. The second kappa shape index (κ2) is 7.10. The molecule has 0 aliphatic rings. The molecule has 0 spiro atoms. The van der Waals surface area contributed by atoms with E-state index in [1.165, 1.54) is 11.3 Å². The normalized spacial score (nSPS) is 12.3. The highest BCUT2D eigenvalue weighted by Gasteiger charge is 2.27. The van der Waals surface area contributed by atoms with E-state index in [0.717, 1.165) is 41.6 Å². The molecule has 0 radical (unpaired) electrons. The Hall–Kier alpha value is -0.320. The average Bonchev–Trinajstić information content (AvgIpc) is 2.37. The molecule has 1 rings (SSSR count). The first-order valence-corrected chi connectivity index (χ1v) is 8.32. The lowest BCUT2D eigenvalue weighted by atomic mass is 9.83. The highest BCUT2D eigenvalue weighted by Crippen LogP contribution is 2.38. The Labute approximate surface area is 134 Å². The zero-order chi connectivity index (χ0) is 15.5. The van der Waals surface area contributed by atoms with Crippen molar-refractivity contribution in [2.75, 3.05) is 38.1 Å². The summed E-state index contributed by atoms with van der Waals surface area (Å²) < 4.78 is 1.79. The van der Waals surface area contributed by atoms with Gasteiger partial charge in [0.1, 0.15) is 0 Å². The third-order valence-corrected chi connectivity index (χ3v) is 4.81. The standard InChI is InChI=1S/C16H28N2S2/c1-7-18(8-2)11-9-10-17(6)13-12(16(3,4)5)14(19)15(13)20/h7-11H2,1-6H3. The predicted octanol–water partition coefficient (Wildman–Crippen LogP) is 4.49. The Bertz CT molecular complexity index is 503. The Morgan fingerprint density at radius 1 is 0.950 bits per heavy atom. The molecule has 1 aromatic rings. The lowest BCUT2D eigenvalue weighted by Gasteiger charge is -2.32. The monoisotopic (exact) mass is 312 g/mol. The molecule has 0 aliphatic carbocycles. The van der Waals surface area contributed by atoms with Crippen LogP contribution in [0.2, 0.25) is 0 Å². The molecule has 0 amide bonds. The molecular formula is C16H28N2S2. The lowest BCUT2D eigenvalue weighted by molar-refractivity contribution is 0.301. The molecule has 20 heavy (non-hydrogen) atoms. The molecule has 4 heteroatoms. The molecule has 0 atom stereocenters. The molecule has 0 N–H and O–H groups in total. The van der Waals surface area contributed by atoms with Gasteiger partial charge in [0.25, 0.3) is 0 Å². The van der Waals surface area contributed by atoms with Gasteiger partial charge in [-0.3, -0.25) is 0 Å². The molecule has 0 saturated carbocycles. The Balaban J connectivity index is 2.70. The van der Waals surface area contributed by atoms with Gasteiger partial charge in [-0.05, 0) is 31.5 Å². The summed E-state index contributed by atoms with van der Waals surface area (Å²) in [6, 6.07) is 0. The third-order valence-electron chi connectivity index (χ3n) is 3.88. The van der Waals surface area contributed by atoms with Crippen LogP contribution in [-0.2, 0) is 5.41 Å². The van der Waals surface area contributed by atoms with Gasteiger partial charge in [0.15, 0.2) is 0 Å². The van der Waals surface area contributed by atoms with Gasteiger partial charge in [-0.15, -0.1) is 0 Å². The van der Waals surface area contributed by atoms with E-state index in [-0.39, 0.29) is 5.41 Å². The van der Waals surface area contributed by atoms with E-state index in [0.29, 0.717) is 0 Å². The first-order chi connectivity index (χ1) is 9.23. The second-order valence-electron chi connectivity index (χ2n) is 6.43. The average molecular weight is 313 g/mol. The fourth-order valence-corrected chi connectivity index (χ4v) is 3.48. The minimum absolute atomic E-state index is 0.0852. The van der Waals surface area contributed by atoms with Crippen molar-refractivity contribution >= 4 is 30.1 Å². The maximum absolute atomic E-state index is 5.45. The van der Waals surface area contributed by atoms with Crippen molar-refractivity contribution in [3.63, 3.8) is 0 Å². The highest BCUT2D eigenvalue weighted by atomic mass is 32.1. The highest BCUT2D eigenvalue weighted by molar-refractivity contribution is 7.74. The fraction of sp³-hybridized carbons (Fsp3) is 0.750. The van der Waals surface area contributed by atoms with Crippen LogP contribution in [0, 0.1) is 9.02 Å². The summed E-state index contributed by atoms with van der Waals surface area (Å²) in [6.45, 7) is 15.5. The van der Waals surface area contributed by atoms with Crippen molar-refractivity contribution in [2.24, 2.45) is 0 Å². The van der Waals surface area contributed by atoms with Crippen molar-refractivity contribution in [3.8, 4) is 0 Å². The number of hydrogen-bond donors (Lipinski definition) is 0. The van der Waals surface area contributed by atoms with Crippen molar-refractivity contribution < 1.29 is 0 Å². The minimum atomic E-state index is 0.0852. The molecule has 0 saturated heterocycles. The van der Waals surface area contributed by atoms with Crippen LogP contribution in [0.15, 0.2) is 0 Å². The van der Waals surface area contributed by atoms with E-state index in [9.17, 15) is 0 Å². The molecule has 0 fully saturated rings. The first-order valence-electron chi connectivity index (χ1n) is 7.51. The van der Waals surface area contributed by atoms with Crippen molar-refractivity contribution in [1.29, 1.82) is 0 Å². The van der Waals surface area contributed by atoms with Crippen LogP contribution >= 0.6 is 24.4 Å². The predicted molar refractivity (Wildman–Crippen MR) is 94.9 cm³/mol. The van der Waals surface area contributed by atoms with Crippen LogP contribution in [0.5, 0.6) is 0 Å². The molecule has 0 aromatic heterocycles. The summed E-state index contributed by atoms with van der Waals surface area (Å²) in [7, 11) is 2.14. The summed E-state index contributed by atoms with van der Waals surface area (Å²) in [4.78, 5) is 4.75. The van der Waals surface area contributed by atoms with E-state index < -0.39 is 0 Å². The third kappa shape index (κ3) is 3.86. The van der Waals surface area contributed by atoms with Gasteiger partial charge in [-0.2, -0.15) is 0 Å². The van der Waals surface area contributed by atoms with E-state index in [1.54, 1.807) is 0 Å². The molecule has 0 unspecified atom stereocenters. The molecule has 0 heterocycles. The second-order valence-corrected chi connectivity index (χ2v) is 7.25. The number of hydrogen-bond acceptors (Lipinski definition) is 4. The van der Waals surface area contributed by atoms with Gasteiger partial charge in [-0.25, -0.2) is 0 Å². The smallest absolute Gasteiger partial charge is 0.0798 e. The van der Waals surface area contributed by atoms with Crippen LogP contribution in [0.4, 0.5) is 5.69 Å². The van der Waals surface area contributed by atoms with E-state index >= 15 is 0 Å². The van der Waals surface area contributed by atoms with E-state index in [1.807, 2.05) is 0 Å². The molecule has 0 bridgehead atoms. The summed E-state index contributed by atoms with van der Waals surface area (Å²) in [6.07, 6.45) is 1.16. The van der Waals surface area contributed by atoms with E-state index in [2.05, 4.69) is 51.5 Å². The Morgan fingerprint density at radius 3 is 1.95 bits per heavy atom. The maximum Gasteiger partial charge on any atom is 0.0798 e. The van der Waals surface area contributed by atoms with Gasteiger partial charge in [0.05, 0.1) is 14.7 Å². The van der Waals surface area contributed by atoms with Gasteiger partial charge in [-0.1, -0.05) is 59.1 Å². The zero-order valence-electron chi connectivity index (χ0n) is 13.7. The number of anilines is 1. The van der Waals surface area contributed by atoms with Crippen LogP contribution in [0.3, 0.4) is 0 Å². The van der Waals surface area contributed by atoms with Crippen LogP contribution < -0.4 is 4.90 Å². The van der Waals surface area contributed by atoms with Gasteiger partial charge < -0.3 is 9.80 Å². The molecule has 1 aromatic carbocycles. The molecule has 114 valence electrons. The molecule has 2 nitrogen and oxygen atoms in total.